The van der Waals surface area contributed by atoms with Gasteiger partial charge in [0.15, 0.2) is 0 Å². The Kier molecular flexibility index (Phi) is 5.43. The topological polar surface area (TPSA) is 68.5 Å². The highest BCUT2D eigenvalue weighted by molar-refractivity contribution is 7.98. The van der Waals surface area contributed by atoms with E-state index in [1.165, 1.54) is 4.90 Å². The largest absolute Gasteiger partial charge is 0.369 e. The van der Waals surface area contributed by atoms with Gasteiger partial charge >= 0.3 is 0 Å². The average Bonchev–Trinajstić information content (AvgIpc) is 3.05. The smallest absolute Gasteiger partial charge is 0.140 e. The summed E-state index contributed by atoms with van der Waals surface area (Å²) in [6.07, 6.45) is 3.51. The minimum absolute atomic E-state index is 0.245. The Bertz CT molecular complexity index is 774. The molecule has 3 aromatic rings. The lowest BCUT2D eigenvalue weighted by Crippen LogP contribution is -2.14. The van der Waals surface area contributed by atoms with E-state index < -0.39 is 0 Å². The highest BCUT2D eigenvalue weighted by Gasteiger charge is 2.11. The van der Waals surface area contributed by atoms with Crippen LogP contribution in [0, 0.1) is 0 Å². The van der Waals surface area contributed by atoms with Crippen LogP contribution in [0.1, 0.15) is 24.5 Å². The monoisotopic (exact) mass is 340 g/mol. The number of hydrogen-bond donors (Lipinski definition) is 1. The van der Waals surface area contributed by atoms with Crippen LogP contribution in [-0.4, -0.2) is 31.3 Å². The zero-order valence-corrected chi connectivity index (χ0v) is 14.6. The fourth-order valence-corrected chi connectivity index (χ4v) is 3.10. The van der Waals surface area contributed by atoms with Crippen molar-refractivity contribution in [3.63, 3.8) is 0 Å². The van der Waals surface area contributed by atoms with E-state index in [0.717, 1.165) is 29.8 Å². The van der Waals surface area contributed by atoms with Crippen molar-refractivity contribution < 1.29 is 0 Å². The third kappa shape index (κ3) is 4.32. The number of nitrogens with zero attached hydrogens (tertiary/aromatic N) is 5. The van der Waals surface area contributed by atoms with Gasteiger partial charge in [0, 0.05) is 30.6 Å². The molecule has 0 fully saturated rings. The van der Waals surface area contributed by atoms with E-state index in [2.05, 4.69) is 44.5 Å². The van der Waals surface area contributed by atoms with E-state index >= 15 is 0 Å². The van der Waals surface area contributed by atoms with Crippen LogP contribution in [0.2, 0.25) is 0 Å². The van der Waals surface area contributed by atoms with Gasteiger partial charge in [-0.25, -0.2) is 9.97 Å². The standard InChI is InChI=1S/C17H20N6S/c1-13(17-22-20-12-23(17)2)10-19-15-8-9-18-16(21-15)11-24-14-6-4-3-5-7-14/h3-9,12-13H,10-11H2,1-2H3,(H,18,19,21). The summed E-state index contributed by atoms with van der Waals surface area (Å²) in [5.74, 6) is 3.60. The fourth-order valence-electron chi connectivity index (χ4n) is 2.32. The maximum Gasteiger partial charge on any atom is 0.140 e. The first-order valence-electron chi connectivity index (χ1n) is 7.80. The van der Waals surface area contributed by atoms with Gasteiger partial charge in [0.2, 0.25) is 0 Å². The summed E-state index contributed by atoms with van der Waals surface area (Å²) in [4.78, 5) is 10.1. The second-order valence-corrected chi connectivity index (χ2v) is 6.59. The van der Waals surface area contributed by atoms with E-state index in [-0.39, 0.29) is 5.92 Å². The minimum Gasteiger partial charge on any atom is -0.369 e. The molecule has 0 saturated heterocycles. The van der Waals surface area contributed by atoms with Gasteiger partial charge in [0.05, 0.1) is 5.75 Å². The van der Waals surface area contributed by atoms with Crippen molar-refractivity contribution in [3.05, 3.63) is 60.6 Å². The second kappa shape index (κ2) is 7.92. The number of benzene rings is 1. The number of nitrogens with one attached hydrogen (secondary N) is 1. The van der Waals surface area contributed by atoms with Crippen molar-refractivity contribution >= 4 is 17.6 Å². The highest BCUT2D eigenvalue weighted by Crippen LogP contribution is 2.21. The van der Waals surface area contributed by atoms with Crippen LogP contribution in [-0.2, 0) is 12.8 Å². The Morgan fingerprint density at radius 3 is 2.79 bits per heavy atom. The molecule has 0 saturated carbocycles. The van der Waals surface area contributed by atoms with Gasteiger partial charge in [-0.1, -0.05) is 25.1 Å². The van der Waals surface area contributed by atoms with Crippen LogP contribution in [0.3, 0.4) is 0 Å². The van der Waals surface area contributed by atoms with Gasteiger partial charge in [-0.3, -0.25) is 0 Å². The first-order chi connectivity index (χ1) is 11.7. The Balaban J connectivity index is 1.56. The van der Waals surface area contributed by atoms with Crippen LogP contribution in [0.25, 0.3) is 0 Å². The third-order valence-corrected chi connectivity index (χ3v) is 4.60. The number of hydrogen-bond acceptors (Lipinski definition) is 6. The predicted molar refractivity (Wildman–Crippen MR) is 95.9 cm³/mol. The van der Waals surface area contributed by atoms with E-state index in [4.69, 9.17) is 0 Å². The van der Waals surface area contributed by atoms with Crippen molar-refractivity contribution in [2.24, 2.45) is 7.05 Å². The first kappa shape index (κ1) is 16.4. The predicted octanol–water partition coefficient (Wildman–Crippen LogP) is 3.11. The van der Waals surface area contributed by atoms with Gasteiger partial charge in [-0.15, -0.1) is 22.0 Å². The Morgan fingerprint density at radius 1 is 1.21 bits per heavy atom. The molecule has 0 amide bonds. The molecule has 124 valence electrons. The average molecular weight is 340 g/mol. The molecule has 3 rings (SSSR count). The molecule has 0 aliphatic rings. The van der Waals surface area contributed by atoms with Gasteiger partial charge in [0.25, 0.3) is 0 Å². The van der Waals surface area contributed by atoms with Gasteiger partial charge < -0.3 is 9.88 Å². The summed E-state index contributed by atoms with van der Waals surface area (Å²) in [5.41, 5.74) is 0. The lowest BCUT2D eigenvalue weighted by atomic mass is 10.1. The SMILES string of the molecule is CC(CNc1ccnc(CSc2ccccc2)n1)c1nncn1C. The summed E-state index contributed by atoms with van der Waals surface area (Å²) >= 11 is 1.73. The lowest BCUT2D eigenvalue weighted by molar-refractivity contribution is 0.680. The normalized spacial score (nSPS) is 12.1. The maximum atomic E-state index is 4.58. The summed E-state index contributed by atoms with van der Waals surface area (Å²) in [7, 11) is 1.95. The molecule has 1 atom stereocenters. The third-order valence-electron chi connectivity index (χ3n) is 3.59. The van der Waals surface area contributed by atoms with Crippen LogP contribution in [0.5, 0.6) is 0 Å². The van der Waals surface area contributed by atoms with Crippen LogP contribution in [0.15, 0.2) is 53.8 Å². The van der Waals surface area contributed by atoms with E-state index in [1.54, 1.807) is 24.3 Å². The quantitative estimate of drug-likeness (QED) is 0.667. The number of aromatic nitrogens is 5. The molecule has 6 nitrogen and oxygen atoms in total. The highest BCUT2D eigenvalue weighted by atomic mass is 32.2. The molecule has 7 heteroatoms. The molecule has 2 aromatic heterocycles. The Morgan fingerprint density at radius 2 is 2.04 bits per heavy atom. The van der Waals surface area contributed by atoms with Crippen molar-refractivity contribution in [1.82, 2.24) is 24.7 Å². The Labute approximate surface area is 145 Å². The molecule has 0 aliphatic heterocycles. The first-order valence-corrected chi connectivity index (χ1v) is 8.78. The van der Waals surface area contributed by atoms with Crippen LogP contribution >= 0.6 is 11.8 Å². The summed E-state index contributed by atoms with van der Waals surface area (Å²) in [6, 6.07) is 12.2. The molecule has 24 heavy (non-hydrogen) atoms. The summed E-state index contributed by atoms with van der Waals surface area (Å²) in [6.45, 7) is 2.86. The Hall–Kier alpha value is -2.41. The zero-order valence-electron chi connectivity index (χ0n) is 13.8. The van der Waals surface area contributed by atoms with Crippen molar-refractivity contribution in [3.8, 4) is 0 Å². The van der Waals surface area contributed by atoms with Crippen molar-refractivity contribution in [2.75, 3.05) is 11.9 Å². The molecular formula is C17H20N6S. The lowest BCUT2D eigenvalue weighted by Gasteiger charge is -2.12. The molecule has 0 aliphatic carbocycles. The van der Waals surface area contributed by atoms with E-state index in [0.29, 0.717) is 0 Å². The number of rotatable bonds is 7. The van der Waals surface area contributed by atoms with Crippen LogP contribution in [0.4, 0.5) is 5.82 Å². The summed E-state index contributed by atoms with van der Waals surface area (Å²) < 4.78 is 1.94. The van der Waals surface area contributed by atoms with E-state index in [1.807, 2.05) is 35.9 Å². The van der Waals surface area contributed by atoms with Gasteiger partial charge in [0.1, 0.15) is 23.8 Å². The molecule has 1 N–H and O–H groups in total. The molecule has 0 bridgehead atoms. The molecule has 0 spiro atoms. The van der Waals surface area contributed by atoms with E-state index in [9.17, 15) is 0 Å². The molecular weight excluding hydrogens is 320 g/mol. The molecule has 0 radical (unpaired) electrons. The number of aryl methyl sites for hydroxylation is 1. The summed E-state index contributed by atoms with van der Waals surface area (Å²) in [5, 5.41) is 11.4. The van der Waals surface area contributed by atoms with Gasteiger partial charge in [-0.05, 0) is 18.2 Å². The molecule has 2 heterocycles. The van der Waals surface area contributed by atoms with Gasteiger partial charge in [-0.2, -0.15) is 0 Å². The fraction of sp³-hybridized carbons (Fsp3) is 0.294. The van der Waals surface area contributed by atoms with Crippen molar-refractivity contribution in [1.29, 1.82) is 0 Å². The molecule has 1 aromatic carbocycles. The zero-order chi connectivity index (χ0) is 16.8. The van der Waals surface area contributed by atoms with Crippen LogP contribution < -0.4 is 5.32 Å². The minimum atomic E-state index is 0.245. The number of anilines is 1. The molecule has 1 unspecified atom stereocenters. The number of thioether (sulfide) groups is 1. The second-order valence-electron chi connectivity index (χ2n) is 5.54. The maximum absolute atomic E-state index is 4.58. The van der Waals surface area contributed by atoms with Crippen molar-refractivity contribution in [2.45, 2.75) is 23.5 Å².